The molecule has 5 heteroatoms. The normalized spacial score (nSPS) is 22.0. The van der Waals surface area contributed by atoms with Crippen molar-refractivity contribution in [2.45, 2.75) is 26.3 Å². The smallest absolute Gasteiger partial charge is 0.230 e. The molecule has 1 aromatic carbocycles. The molecule has 1 aliphatic heterocycles. The lowest BCUT2D eigenvalue weighted by atomic mass is 9.83. The van der Waals surface area contributed by atoms with Gasteiger partial charge in [-0.1, -0.05) is 13.0 Å². The number of hydrogen-bond acceptors (Lipinski definition) is 2. The SMILES string of the molecule is CCC1(C(=O)N(C)Cc2ccc(F)cc2F)CCNC1. The van der Waals surface area contributed by atoms with E-state index < -0.39 is 11.6 Å². The predicted octanol–water partition coefficient (Wildman–Crippen LogP) is 2.31. The number of amides is 1. The van der Waals surface area contributed by atoms with E-state index in [2.05, 4.69) is 5.32 Å². The topological polar surface area (TPSA) is 32.3 Å². The van der Waals surface area contributed by atoms with Crippen molar-refractivity contribution in [2.75, 3.05) is 20.1 Å². The minimum Gasteiger partial charge on any atom is -0.341 e. The fourth-order valence-electron chi connectivity index (χ4n) is 2.76. The van der Waals surface area contributed by atoms with Crippen molar-refractivity contribution < 1.29 is 13.6 Å². The molecule has 1 atom stereocenters. The van der Waals surface area contributed by atoms with Gasteiger partial charge in [-0.15, -0.1) is 0 Å². The fourth-order valence-corrected chi connectivity index (χ4v) is 2.76. The van der Waals surface area contributed by atoms with Gasteiger partial charge in [-0.2, -0.15) is 0 Å². The zero-order chi connectivity index (χ0) is 14.8. The maximum atomic E-state index is 13.6. The molecule has 2 rings (SSSR count). The standard InChI is InChI=1S/C15H20F2N2O/c1-3-15(6-7-18-10-15)14(20)19(2)9-11-4-5-12(16)8-13(11)17/h4-5,8,18H,3,6-7,9-10H2,1-2H3. The van der Waals surface area contributed by atoms with Crippen molar-refractivity contribution in [1.29, 1.82) is 0 Å². The molecule has 3 nitrogen and oxygen atoms in total. The van der Waals surface area contributed by atoms with E-state index >= 15 is 0 Å². The first kappa shape index (κ1) is 14.9. The van der Waals surface area contributed by atoms with Gasteiger partial charge in [0.15, 0.2) is 0 Å². The van der Waals surface area contributed by atoms with Crippen molar-refractivity contribution in [1.82, 2.24) is 10.2 Å². The molecule has 0 saturated carbocycles. The molecular weight excluding hydrogens is 262 g/mol. The summed E-state index contributed by atoms with van der Waals surface area (Å²) < 4.78 is 26.5. The molecule has 1 N–H and O–H groups in total. The molecule has 1 fully saturated rings. The van der Waals surface area contributed by atoms with Gasteiger partial charge in [-0.3, -0.25) is 4.79 Å². The lowest BCUT2D eigenvalue weighted by molar-refractivity contribution is -0.140. The van der Waals surface area contributed by atoms with E-state index in [0.717, 1.165) is 25.5 Å². The van der Waals surface area contributed by atoms with Crippen LogP contribution in [0.25, 0.3) is 0 Å². The highest BCUT2D eigenvalue weighted by Crippen LogP contribution is 2.32. The fraction of sp³-hybridized carbons (Fsp3) is 0.533. The number of carbonyl (C=O) groups is 1. The van der Waals surface area contributed by atoms with Gasteiger partial charge in [0.25, 0.3) is 0 Å². The minimum atomic E-state index is -0.611. The molecule has 110 valence electrons. The van der Waals surface area contributed by atoms with Crippen molar-refractivity contribution in [3.63, 3.8) is 0 Å². The summed E-state index contributed by atoms with van der Waals surface area (Å²) in [5, 5.41) is 3.21. The van der Waals surface area contributed by atoms with Gasteiger partial charge < -0.3 is 10.2 Å². The van der Waals surface area contributed by atoms with E-state index in [4.69, 9.17) is 0 Å². The van der Waals surface area contributed by atoms with Gasteiger partial charge in [-0.05, 0) is 25.5 Å². The van der Waals surface area contributed by atoms with Crippen LogP contribution >= 0.6 is 0 Å². The molecule has 0 spiro atoms. The summed E-state index contributed by atoms with van der Waals surface area (Å²) in [6, 6.07) is 3.45. The second kappa shape index (κ2) is 5.87. The molecule has 1 heterocycles. The first-order valence-electron chi connectivity index (χ1n) is 6.89. The van der Waals surface area contributed by atoms with Crippen LogP contribution in [0.1, 0.15) is 25.3 Å². The van der Waals surface area contributed by atoms with Crippen LogP contribution in [0.5, 0.6) is 0 Å². The summed E-state index contributed by atoms with van der Waals surface area (Å²) in [6.07, 6.45) is 1.56. The zero-order valence-electron chi connectivity index (χ0n) is 11.9. The number of hydrogen-bond donors (Lipinski definition) is 1. The second-order valence-corrected chi connectivity index (χ2v) is 5.46. The highest BCUT2D eigenvalue weighted by Gasteiger charge is 2.41. The largest absolute Gasteiger partial charge is 0.341 e. The average molecular weight is 282 g/mol. The summed E-state index contributed by atoms with van der Waals surface area (Å²) >= 11 is 0. The van der Waals surface area contributed by atoms with Gasteiger partial charge >= 0.3 is 0 Å². The van der Waals surface area contributed by atoms with E-state index in [-0.39, 0.29) is 17.9 Å². The summed E-state index contributed by atoms with van der Waals surface area (Å²) in [5.74, 6) is -1.20. The number of rotatable bonds is 4. The highest BCUT2D eigenvalue weighted by molar-refractivity contribution is 5.83. The first-order chi connectivity index (χ1) is 9.48. The molecule has 0 aliphatic carbocycles. The first-order valence-corrected chi connectivity index (χ1v) is 6.89. The highest BCUT2D eigenvalue weighted by atomic mass is 19.1. The van der Waals surface area contributed by atoms with Gasteiger partial charge in [-0.25, -0.2) is 8.78 Å². The third-order valence-electron chi connectivity index (χ3n) is 4.14. The van der Waals surface area contributed by atoms with E-state index in [0.29, 0.717) is 12.1 Å². The van der Waals surface area contributed by atoms with E-state index in [9.17, 15) is 13.6 Å². The second-order valence-electron chi connectivity index (χ2n) is 5.46. The van der Waals surface area contributed by atoms with Crippen LogP contribution in [-0.2, 0) is 11.3 Å². The summed E-state index contributed by atoms with van der Waals surface area (Å²) in [6.45, 7) is 3.65. The molecule has 1 unspecified atom stereocenters. The van der Waals surface area contributed by atoms with Gasteiger partial charge in [0, 0.05) is 31.8 Å². The van der Waals surface area contributed by atoms with Gasteiger partial charge in [0.05, 0.1) is 5.41 Å². The molecule has 1 aliphatic rings. The van der Waals surface area contributed by atoms with Gasteiger partial charge in [0.2, 0.25) is 5.91 Å². The molecule has 1 amide bonds. The Kier molecular flexibility index (Phi) is 4.38. The number of carbonyl (C=O) groups excluding carboxylic acids is 1. The Morgan fingerprint density at radius 1 is 1.45 bits per heavy atom. The monoisotopic (exact) mass is 282 g/mol. The van der Waals surface area contributed by atoms with Crippen molar-refractivity contribution in [3.8, 4) is 0 Å². The Hall–Kier alpha value is -1.49. The third-order valence-corrected chi connectivity index (χ3v) is 4.14. The molecule has 20 heavy (non-hydrogen) atoms. The summed E-state index contributed by atoms with van der Waals surface area (Å²) in [5.41, 5.74) is -0.0508. The molecule has 0 bridgehead atoms. The summed E-state index contributed by atoms with van der Waals surface area (Å²) in [4.78, 5) is 14.1. The zero-order valence-corrected chi connectivity index (χ0v) is 11.9. The molecular formula is C15H20F2N2O. The Labute approximate surface area is 118 Å². The minimum absolute atomic E-state index is 0.0220. The lowest BCUT2D eigenvalue weighted by Gasteiger charge is -2.31. The average Bonchev–Trinajstić information content (AvgIpc) is 2.91. The Bertz CT molecular complexity index is 499. The van der Waals surface area contributed by atoms with Crippen LogP contribution < -0.4 is 5.32 Å². The number of benzene rings is 1. The van der Waals surface area contributed by atoms with Crippen LogP contribution in [0.4, 0.5) is 8.78 Å². The van der Waals surface area contributed by atoms with Crippen molar-refractivity contribution in [2.24, 2.45) is 5.41 Å². The van der Waals surface area contributed by atoms with Crippen LogP contribution in [0.2, 0.25) is 0 Å². The van der Waals surface area contributed by atoms with Crippen LogP contribution in [0, 0.1) is 17.0 Å². The van der Waals surface area contributed by atoms with Crippen molar-refractivity contribution in [3.05, 3.63) is 35.4 Å². The maximum absolute atomic E-state index is 13.6. The molecule has 0 aromatic heterocycles. The van der Waals surface area contributed by atoms with E-state index in [1.165, 1.54) is 17.0 Å². The summed E-state index contributed by atoms with van der Waals surface area (Å²) in [7, 11) is 1.67. The Morgan fingerprint density at radius 2 is 2.20 bits per heavy atom. The maximum Gasteiger partial charge on any atom is 0.230 e. The molecule has 0 radical (unpaired) electrons. The Morgan fingerprint density at radius 3 is 2.75 bits per heavy atom. The van der Waals surface area contributed by atoms with Crippen LogP contribution in [-0.4, -0.2) is 30.9 Å². The predicted molar refractivity (Wildman–Crippen MR) is 73.0 cm³/mol. The number of nitrogens with one attached hydrogen (secondary N) is 1. The van der Waals surface area contributed by atoms with Crippen LogP contribution in [0.15, 0.2) is 18.2 Å². The van der Waals surface area contributed by atoms with Crippen LogP contribution in [0.3, 0.4) is 0 Å². The number of nitrogens with zero attached hydrogens (tertiary/aromatic N) is 1. The molecule has 1 saturated heterocycles. The number of halogens is 2. The van der Waals surface area contributed by atoms with E-state index in [1.807, 2.05) is 6.92 Å². The quantitative estimate of drug-likeness (QED) is 0.919. The third kappa shape index (κ3) is 2.82. The van der Waals surface area contributed by atoms with Gasteiger partial charge in [0.1, 0.15) is 11.6 Å². The molecule has 1 aromatic rings. The van der Waals surface area contributed by atoms with E-state index in [1.54, 1.807) is 7.05 Å². The lowest BCUT2D eigenvalue weighted by Crippen LogP contribution is -2.43. The van der Waals surface area contributed by atoms with Crippen molar-refractivity contribution >= 4 is 5.91 Å². The Balaban J connectivity index is 2.11.